The van der Waals surface area contributed by atoms with Crippen LogP contribution < -0.4 is 0 Å². The van der Waals surface area contributed by atoms with Gasteiger partial charge in [-0.2, -0.15) is 0 Å². The van der Waals surface area contributed by atoms with Crippen molar-refractivity contribution in [3.8, 4) is 0 Å². The van der Waals surface area contributed by atoms with E-state index < -0.39 is 23.9 Å². The number of carbonyl (C=O) groups is 1. The first-order chi connectivity index (χ1) is 7.54. The van der Waals surface area contributed by atoms with Crippen LogP contribution in [0.15, 0.2) is 12.1 Å². The van der Waals surface area contributed by atoms with Crippen molar-refractivity contribution < 1.29 is 22.7 Å². The van der Waals surface area contributed by atoms with Crippen LogP contribution in [0.3, 0.4) is 0 Å². The minimum atomic E-state index is -3.00. The van der Waals surface area contributed by atoms with E-state index >= 15 is 0 Å². The van der Waals surface area contributed by atoms with E-state index in [0.29, 0.717) is 0 Å². The highest BCUT2D eigenvalue weighted by Crippen LogP contribution is 2.20. The topological polar surface area (TPSA) is 39.2 Å². The number of rotatable bonds is 4. The lowest BCUT2D eigenvalue weighted by Crippen LogP contribution is -2.10. The first-order valence-corrected chi connectivity index (χ1v) is 4.63. The van der Waals surface area contributed by atoms with Crippen LogP contribution in [0, 0.1) is 5.82 Å². The van der Waals surface area contributed by atoms with Gasteiger partial charge in [0.15, 0.2) is 5.82 Å². The molecule has 0 atom stereocenters. The molecule has 0 saturated carbocycles. The lowest BCUT2D eigenvalue weighted by atomic mass is 10.2. The molecule has 1 heterocycles. The predicted molar refractivity (Wildman–Crippen MR) is 49.5 cm³/mol. The van der Waals surface area contributed by atoms with Crippen LogP contribution in [0.2, 0.25) is 0 Å². The van der Waals surface area contributed by atoms with Gasteiger partial charge in [0.05, 0.1) is 18.7 Å². The van der Waals surface area contributed by atoms with Crippen LogP contribution in [0.4, 0.5) is 13.2 Å². The molecule has 88 valence electrons. The molecule has 0 bridgehead atoms. The van der Waals surface area contributed by atoms with Gasteiger partial charge in [-0.3, -0.25) is 4.79 Å². The third kappa shape index (κ3) is 3.22. The number of pyridine rings is 1. The lowest BCUT2D eigenvalue weighted by Gasteiger charge is -2.05. The zero-order valence-corrected chi connectivity index (χ0v) is 8.54. The SMILES string of the molecule is CCOC(=O)Cc1ccc(F)c(C(F)F)n1. The van der Waals surface area contributed by atoms with Gasteiger partial charge in [0.2, 0.25) is 0 Å². The molecule has 0 aliphatic carbocycles. The Kier molecular flexibility index (Phi) is 4.28. The highest BCUT2D eigenvalue weighted by Gasteiger charge is 2.16. The fraction of sp³-hybridized carbons (Fsp3) is 0.400. The maximum atomic E-state index is 12.8. The van der Waals surface area contributed by atoms with Crippen molar-refractivity contribution in [1.82, 2.24) is 4.98 Å². The molecule has 16 heavy (non-hydrogen) atoms. The fourth-order valence-electron chi connectivity index (χ4n) is 1.11. The quantitative estimate of drug-likeness (QED) is 0.749. The number of esters is 1. The Morgan fingerprint density at radius 2 is 2.19 bits per heavy atom. The van der Waals surface area contributed by atoms with Crippen LogP contribution in [0.1, 0.15) is 24.7 Å². The summed E-state index contributed by atoms with van der Waals surface area (Å²) >= 11 is 0. The zero-order chi connectivity index (χ0) is 12.1. The van der Waals surface area contributed by atoms with E-state index in [0.717, 1.165) is 6.07 Å². The van der Waals surface area contributed by atoms with Crippen molar-refractivity contribution >= 4 is 5.97 Å². The molecule has 0 saturated heterocycles. The minimum Gasteiger partial charge on any atom is -0.466 e. The van der Waals surface area contributed by atoms with E-state index in [9.17, 15) is 18.0 Å². The summed E-state index contributed by atoms with van der Waals surface area (Å²) in [6.07, 6.45) is -3.24. The molecular weight excluding hydrogens is 223 g/mol. The number of ether oxygens (including phenoxy) is 1. The Balaban J connectivity index is 2.82. The maximum absolute atomic E-state index is 12.8. The fourth-order valence-corrected chi connectivity index (χ4v) is 1.11. The van der Waals surface area contributed by atoms with Gasteiger partial charge in [0, 0.05) is 0 Å². The third-order valence-electron chi connectivity index (χ3n) is 1.77. The maximum Gasteiger partial charge on any atom is 0.311 e. The average molecular weight is 233 g/mol. The second-order valence-corrected chi connectivity index (χ2v) is 2.95. The van der Waals surface area contributed by atoms with Crippen LogP contribution in [-0.4, -0.2) is 17.6 Å². The van der Waals surface area contributed by atoms with Crippen molar-refractivity contribution in [2.24, 2.45) is 0 Å². The summed E-state index contributed by atoms with van der Waals surface area (Å²) in [6, 6.07) is 2.04. The van der Waals surface area contributed by atoms with Crippen LogP contribution in [-0.2, 0) is 16.0 Å². The van der Waals surface area contributed by atoms with Gasteiger partial charge in [0.1, 0.15) is 5.69 Å². The van der Waals surface area contributed by atoms with Gasteiger partial charge >= 0.3 is 5.97 Å². The normalized spacial score (nSPS) is 10.6. The van der Waals surface area contributed by atoms with Gasteiger partial charge in [0.25, 0.3) is 6.43 Å². The van der Waals surface area contributed by atoms with Gasteiger partial charge in [-0.15, -0.1) is 0 Å². The lowest BCUT2D eigenvalue weighted by molar-refractivity contribution is -0.142. The monoisotopic (exact) mass is 233 g/mol. The predicted octanol–water partition coefficient (Wildman–Crippen LogP) is 2.26. The largest absolute Gasteiger partial charge is 0.466 e. The first kappa shape index (κ1) is 12.5. The van der Waals surface area contributed by atoms with Crippen molar-refractivity contribution in [2.45, 2.75) is 19.8 Å². The Hall–Kier alpha value is -1.59. The molecule has 0 amide bonds. The molecule has 0 N–H and O–H groups in total. The van der Waals surface area contributed by atoms with Crippen molar-refractivity contribution in [3.63, 3.8) is 0 Å². The van der Waals surface area contributed by atoms with E-state index in [1.807, 2.05) is 0 Å². The second-order valence-electron chi connectivity index (χ2n) is 2.95. The number of hydrogen-bond acceptors (Lipinski definition) is 3. The van der Waals surface area contributed by atoms with E-state index in [1.54, 1.807) is 6.92 Å². The van der Waals surface area contributed by atoms with Crippen molar-refractivity contribution in [3.05, 3.63) is 29.3 Å². The molecule has 3 nitrogen and oxygen atoms in total. The first-order valence-electron chi connectivity index (χ1n) is 4.63. The molecular formula is C10H10F3NO2. The Morgan fingerprint density at radius 3 is 2.75 bits per heavy atom. The number of carbonyl (C=O) groups excluding carboxylic acids is 1. The molecule has 1 aromatic rings. The molecule has 0 aromatic carbocycles. The summed E-state index contributed by atoms with van der Waals surface area (Å²) in [4.78, 5) is 14.4. The molecule has 0 radical (unpaired) electrons. The van der Waals surface area contributed by atoms with Gasteiger partial charge in [-0.25, -0.2) is 18.2 Å². The zero-order valence-electron chi connectivity index (χ0n) is 8.54. The molecule has 0 unspecified atom stereocenters. The summed E-state index contributed by atoms with van der Waals surface area (Å²) in [5.41, 5.74) is -0.878. The summed E-state index contributed by atoms with van der Waals surface area (Å²) in [5, 5.41) is 0. The molecule has 0 aliphatic rings. The Morgan fingerprint density at radius 1 is 1.50 bits per heavy atom. The summed E-state index contributed by atoms with van der Waals surface area (Å²) in [7, 11) is 0. The number of nitrogens with zero attached hydrogens (tertiary/aromatic N) is 1. The van der Waals surface area contributed by atoms with Gasteiger partial charge in [-0.1, -0.05) is 0 Å². The van der Waals surface area contributed by atoms with Crippen LogP contribution in [0.25, 0.3) is 0 Å². The molecule has 0 aliphatic heterocycles. The number of hydrogen-bond donors (Lipinski definition) is 0. The highest BCUT2D eigenvalue weighted by molar-refractivity contribution is 5.71. The third-order valence-corrected chi connectivity index (χ3v) is 1.77. The summed E-state index contributed by atoms with van der Waals surface area (Å²) in [5.74, 6) is -1.66. The molecule has 1 aromatic heterocycles. The van der Waals surface area contributed by atoms with Crippen molar-refractivity contribution in [2.75, 3.05) is 6.61 Å². The smallest absolute Gasteiger partial charge is 0.311 e. The van der Waals surface area contributed by atoms with E-state index in [2.05, 4.69) is 9.72 Å². The summed E-state index contributed by atoms with van der Waals surface area (Å²) < 4.78 is 42.0. The molecule has 6 heteroatoms. The second kappa shape index (κ2) is 5.48. The highest BCUT2D eigenvalue weighted by atomic mass is 19.3. The van der Waals surface area contributed by atoms with Crippen LogP contribution >= 0.6 is 0 Å². The van der Waals surface area contributed by atoms with E-state index in [1.165, 1.54) is 6.07 Å². The standard InChI is InChI=1S/C10H10F3NO2/c1-2-16-8(15)5-6-3-4-7(11)9(14-6)10(12)13/h3-4,10H,2,5H2,1H3. The molecule has 1 rings (SSSR count). The Labute approximate surface area is 90.2 Å². The van der Waals surface area contributed by atoms with Crippen LogP contribution in [0.5, 0.6) is 0 Å². The van der Waals surface area contributed by atoms with Crippen molar-refractivity contribution in [1.29, 1.82) is 0 Å². The van der Waals surface area contributed by atoms with Gasteiger partial charge < -0.3 is 4.74 Å². The number of aromatic nitrogens is 1. The van der Waals surface area contributed by atoms with Gasteiger partial charge in [-0.05, 0) is 19.1 Å². The summed E-state index contributed by atoms with van der Waals surface area (Å²) in [6.45, 7) is 1.82. The number of alkyl halides is 2. The Bertz CT molecular complexity index is 382. The number of halogens is 3. The average Bonchev–Trinajstić information content (AvgIpc) is 2.21. The van der Waals surface area contributed by atoms with E-state index in [-0.39, 0.29) is 18.7 Å². The molecule has 0 fully saturated rings. The molecule has 0 spiro atoms. The minimum absolute atomic E-state index is 0.0650. The van der Waals surface area contributed by atoms with E-state index in [4.69, 9.17) is 0 Å².